The van der Waals surface area contributed by atoms with E-state index in [1.54, 1.807) is 36.4 Å². The molecule has 1 atom stereocenters. The molecule has 0 saturated carbocycles. The Balaban J connectivity index is 2.33. The fourth-order valence-corrected chi connectivity index (χ4v) is 3.22. The van der Waals surface area contributed by atoms with Gasteiger partial charge in [0.05, 0.1) is 0 Å². The number of nitriles is 1. The number of rotatable bonds is 3. The van der Waals surface area contributed by atoms with Crippen molar-refractivity contribution in [3.8, 4) is 17.6 Å². The zero-order valence-electron chi connectivity index (χ0n) is 10.7. The van der Waals surface area contributed by atoms with Gasteiger partial charge in [0, 0.05) is 0 Å². The fourth-order valence-electron chi connectivity index (χ4n) is 1.61. The van der Waals surface area contributed by atoms with E-state index in [9.17, 15) is 8.42 Å². The molecule has 0 saturated heterocycles. The Labute approximate surface area is 126 Å². The Morgan fingerprint density at radius 2 is 1.95 bits per heavy atom. The summed E-state index contributed by atoms with van der Waals surface area (Å²) in [6.45, 7) is 0. The molecule has 6 heteroatoms. The van der Waals surface area contributed by atoms with Crippen molar-refractivity contribution >= 4 is 31.0 Å². The number of nitrogens with zero attached hydrogens (tertiary/aromatic N) is 1. The Kier molecular flexibility index (Phi) is 4.17. The summed E-state index contributed by atoms with van der Waals surface area (Å²) in [5.74, 6) is 1.14. The third-order valence-electron chi connectivity index (χ3n) is 2.60. The molecule has 0 N–H and O–H groups in total. The van der Waals surface area contributed by atoms with Gasteiger partial charge in [-0.2, -0.15) is 0 Å². The molecule has 4 nitrogen and oxygen atoms in total. The van der Waals surface area contributed by atoms with Gasteiger partial charge in [-0.05, 0) is 0 Å². The van der Waals surface area contributed by atoms with Gasteiger partial charge >= 0.3 is 126 Å². The third kappa shape index (κ3) is 3.41. The summed E-state index contributed by atoms with van der Waals surface area (Å²) in [5.41, 5.74) is 0.512. The van der Waals surface area contributed by atoms with E-state index in [0.29, 0.717) is 17.1 Å². The van der Waals surface area contributed by atoms with Crippen LogP contribution >= 0.6 is 0 Å². The molecular formula is C14H12AsNO3S. The summed E-state index contributed by atoms with van der Waals surface area (Å²) in [6, 6.07) is 13.6. The predicted octanol–water partition coefficient (Wildman–Crippen LogP) is 1.01. The Hall–Kier alpha value is -1.76. The van der Waals surface area contributed by atoms with Crippen LogP contribution in [0, 0.1) is 11.3 Å². The first-order valence-electron chi connectivity index (χ1n) is 5.68. The van der Waals surface area contributed by atoms with Gasteiger partial charge in [-0.25, -0.2) is 0 Å². The summed E-state index contributed by atoms with van der Waals surface area (Å²) in [6.07, 6.45) is 1.17. The zero-order valence-corrected chi connectivity index (χ0v) is 13.9. The first kappa shape index (κ1) is 14.6. The molecule has 0 fully saturated rings. The van der Waals surface area contributed by atoms with Gasteiger partial charge in [0.25, 0.3) is 0 Å². The first-order chi connectivity index (χ1) is 9.40. The molecule has 0 bridgehead atoms. The molecule has 0 spiro atoms. The summed E-state index contributed by atoms with van der Waals surface area (Å²) < 4.78 is 29.4. The van der Waals surface area contributed by atoms with E-state index < -0.39 is 9.84 Å². The molecule has 0 aliphatic carbocycles. The number of hydrogen-bond donors (Lipinski definition) is 0. The molecule has 0 aromatic heterocycles. The van der Waals surface area contributed by atoms with Crippen molar-refractivity contribution < 1.29 is 13.2 Å². The van der Waals surface area contributed by atoms with Gasteiger partial charge in [-0.3, -0.25) is 0 Å². The predicted molar refractivity (Wildman–Crippen MR) is 79.0 cm³/mol. The first-order valence-corrected chi connectivity index (χ1v) is 8.78. The molecular weight excluding hydrogens is 337 g/mol. The molecule has 0 radical (unpaired) electrons. The maximum absolute atomic E-state index is 11.5. The minimum absolute atomic E-state index is 0.273. The van der Waals surface area contributed by atoms with Gasteiger partial charge in [0.2, 0.25) is 0 Å². The van der Waals surface area contributed by atoms with E-state index in [1.807, 2.05) is 6.07 Å². The van der Waals surface area contributed by atoms with Gasteiger partial charge < -0.3 is 0 Å². The standard InChI is InChI=1S/C14H12AsNO3S/c1-20(17,18)12-5-6-14(13(15)8-12)19-11-4-2-3-10(7-11)9-16/h2-8H,15H2,1H3. The van der Waals surface area contributed by atoms with E-state index in [0.717, 1.165) is 4.35 Å². The summed E-state index contributed by atoms with van der Waals surface area (Å²) in [7, 11) is -3.21. The molecule has 0 aliphatic rings. The van der Waals surface area contributed by atoms with Gasteiger partial charge in [-0.1, -0.05) is 0 Å². The van der Waals surface area contributed by atoms with E-state index in [1.165, 1.54) is 29.2 Å². The van der Waals surface area contributed by atoms with E-state index in [-0.39, 0.29) is 4.90 Å². The Morgan fingerprint density at radius 1 is 1.20 bits per heavy atom. The zero-order chi connectivity index (χ0) is 14.8. The van der Waals surface area contributed by atoms with Crippen LogP contribution in [-0.2, 0) is 9.84 Å². The summed E-state index contributed by atoms with van der Waals surface area (Å²) >= 11 is 1.28. The monoisotopic (exact) mass is 349 g/mol. The summed E-state index contributed by atoms with van der Waals surface area (Å²) in [4.78, 5) is 0.273. The van der Waals surface area contributed by atoms with Crippen LogP contribution in [0.1, 0.15) is 5.56 Å². The van der Waals surface area contributed by atoms with Crippen LogP contribution in [0.3, 0.4) is 0 Å². The second-order valence-corrected chi connectivity index (χ2v) is 7.53. The Morgan fingerprint density at radius 3 is 2.55 bits per heavy atom. The topological polar surface area (TPSA) is 67.2 Å². The van der Waals surface area contributed by atoms with Crippen molar-refractivity contribution in [2.75, 3.05) is 6.26 Å². The maximum atomic E-state index is 11.5. The van der Waals surface area contributed by atoms with Crippen molar-refractivity contribution in [3.05, 3.63) is 48.0 Å². The average Bonchev–Trinajstić information content (AvgIpc) is 2.40. The number of ether oxygens (including phenoxy) is 1. The normalized spacial score (nSPS) is 10.8. The van der Waals surface area contributed by atoms with E-state index >= 15 is 0 Å². The number of sulfone groups is 1. The van der Waals surface area contributed by atoms with Crippen molar-refractivity contribution in [3.63, 3.8) is 0 Å². The van der Waals surface area contributed by atoms with Crippen molar-refractivity contribution in [1.29, 1.82) is 5.26 Å². The van der Waals surface area contributed by atoms with E-state index in [4.69, 9.17) is 10.00 Å². The minimum atomic E-state index is -3.21. The van der Waals surface area contributed by atoms with Crippen LogP contribution in [0.15, 0.2) is 47.4 Å². The molecule has 20 heavy (non-hydrogen) atoms. The molecule has 2 rings (SSSR count). The molecule has 2 aromatic rings. The molecule has 0 amide bonds. The number of hydrogen-bond acceptors (Lipinski definition) is 4. The van der Waals surface area contributed by atoms with Crippen molar-refractivity contribution in [1.82, 2.24) is 0 Å². The van der Waals surface area contributed by atoms with Crippen LogP contribution < -0.4 is 9.09 Å². The van der Waals surface area contributed by atoms with Crippen molar-refractivity contribution in [2.45, 2.75) is 4.90 Å². The van der Waals surface area contributed by atoms with E-state index in [2.05, 4.69) is 0 Å². The van der Waals surface area contributed by atoms with Crippen LogP contribution in [0.4, 0.5) is 0 Å². The van der Waals surface area contributed by atoms with Gasteiger partial charge in [0.15, 0.2) is 0 Å². The number of benzene rings is 2. The van der Waals surface area contributed by atoms with Crippen LogP contribution in [-0.4, -0.2) is 31.5 Å². The van der Waals surface area contributed by atoms with Gasteiger partial charge in [0.1, 0.15) is 0 Å². The van der Waals surface area contributed by atoms with Crippen LogP contribution in [0.5, 0.6) is 11.5 Å². The Bertz CT molecular complexity index is 794. The van der Waals surface area contributed by atoms with Crippen LogP contribution in [0.25, 0.3) is 0 Å². The average molecular weight is 349 g/mol. The molecule has 102 valence electrons. The molecule has 0 heterocycles. The van der Waals surface area contributed by atoms with Gasteiger partial charge in [-0.15, -0.1) is 0 Å². The van der Waals surface area contributed by atoms with Crippen LogP contribution in [0.2, 0.25) is 0 Å². The fraction of sp³-hybridized carbons (Fsp3) is 0.0714. The summed E-state index contributed by atoms with van der Waals surface area (Å²) in [5, 5.41) is 8.84. The van der Waals surface area contributed by atoms with Crippen molar-refractivity contribution in [2.24, 2.45) is 0 Å². The SMILES string of the molecule is CS(=O)(=O)c1ccc(Oc2cccc(C#N)c2)c([AsH2])c1. The molecule has 2 aromatic carbocycles. The third-order valence-corrected chi connectivity index (χ3v) is 4.66. The second kappa shape index (κ2) is 5.70. The molecule has 1 unspecified atom stereocenters. The quantitative estimate of drug-likeness (QED) is 0.776. The second-order valence-electron chi connectivity index (χ2n) is 4.21. The molecule has 0 aliphatic heterocycles.